The standard InChI is InChI=1S/C46H29NO/c1-3-11-30(12-4-1)32-22-25-44-41(29-32)39-19-10-18-38-36(23-26-45(48-44)46(38)39)34-14-9-13-31(27-34)33-21-24-43-40(28-33)37-17-7-8-20-42(37)47(43)35-15-5-2-6-16-35/h1-29H. The van der Waals surface area contributed by atoms with Gasteiger partial charge in [-0.2, -0.15) is 0 Å². The van der Waals surface area contributed by atoms with Crippen LogP contribution in [-0.4, -0.2) is 4.57 Å². The fourth-order valence-corrected chi connectivity index (χ4v) is 7.57. The number of hydrogen-bond donors (Lipinski definition) is 0. The van der Waals surface area contributed by atoms with E-state index in [4.69, 9.17) is 4.74 Å². The van der Waals surface area contributed by atoms with Crippen LogP contribution in [0.2, 0.25) is 0 Å². The molecule has 0 unspecified atom stereocenters. The molecular formula is C46H29NO. The first kappa shape index (κ1) is 26.8. The minimum absolute atomic E-state index is 0.897. The van der Waals surface area contributed by atoms with Crippen molar-refractivity contribution in [3.63, 3.8) is 0 Å². The van der Waals surface area contributed by atoms with Gasteiger partial charge in [-0.05, 0) is 98.9 Å². The Morgan fingerprint density at radius 3 is 1.88 bits per heavy atom. The predicted molar refractivity (Wildman–Crippen MR) is 200 cm³/mol. The monoisotopic (exact) mass is 611 g/mol. The lowest BCUT2D eigenvalue weighted by Gasteiger charge is -2.23. The molecular weight excluding hydrogens is 583 g/mol. The van der Waals surface area contributed by atoms with Crippen molar-refractivity contribution in [2.45, 2.75) is 0 Å². The molecule has 2 nitrogen and oxygen atoms in total. The van der Waals surface area contributed by atoms with E-state index >= 15 is 0 Å². The summed E-state index contributed by atoms with van der Waals surface area (Å²) in [6.45, 7) is 0. The summed E-state index contributed by atoms with van der Waals surface area (Å²) in [5, 5.41) is 4.87. The highest BCUT2D eigenvalue weighted by Crippen LogP contribution is 2.49. The van der Waals surface area contributed by atoms with Gasteiger partial charge in [0.25, 0.3) is 0 Å². The molecule has 0 saturated carbocycles. The van der Waals surface area contributed by atoms with Crippen LogP contribution in [0.25, 0.3) is 82.8 Å². The molecule has 1 aliphatic heterocycles. The first-order valence-electron chi connectivity index (χ1n) is 16.4. The summed E-state index contributed by atoms with van der Waals surface area (Å²) in [7, 11) is 0. The van der Waals surface area contributed by atoms with Crippen molar-refractivity contribution in [1.29, 1.82) is 0 Å². The fraction of sp³-hybridized carbons (Fsp3) is 0. The molecule has 0 fully saturated rings. The molecule has 1 aliphatic rings. The van der Waals surface area contributed by atoms with Crippen LogP contribution >= 0.6 is 0 Å². The van der Waals surface area contributed by atoms with Gasteiger partial charge in [-0.15, -0.1) is 0 Å². The summed E-state index contributed by atoms with van der Waals surface area (Å²) in [4.78, 5) is 0. The number of para-hydroxylation sites is 2. The third-order valence-electron chi connectivity index (χ3n) is 9.79. The number of benzene rings is 8. The van der Waals surface area contributed by atoms with E-state index in [1.807, 2.05) is 0 Å². The third-order valence-corrected chi connectivity index (χ3v) is 9.79. The fourth-order valence-electron chi connectivity index (χ4n) is 7.57. The molecule has 0 aliphatic carbocycles. The second-order valence-electron chi connectivity index (χ2n) is 12.5. The maximum atomic E-state index is 6.53. The van der Waals surface area contributed by atoms with Gasteiger partial charge in [0.15, 0.2) is 0 Å². The Balaban J connectivity index is 1.10. The smallest absolute Gasteiger partial charge is 0.135 e. The highest BCUT2D eigenvalue weighted by atomic mass is 16.5. The molecule has 0 atom stereocenters. The number of aromatic nitrogens is 1. The summed E-state index contributed by atoms with van der Waals surface area (Å²) in [6, 6.07) is 63.2. The second-order valence-corrected chi connectivity index (χ2v) is 12.5. The minimum atomic E-state index is 0.897. The summed E-state index contributed by atoms with van der Waals surface area (Å²) in [5.74, 6) is 1.80. The average molecular weight is 612 g/mol. The van der Waals surface area contributed by atoms with E-state index in [1.54, 1.807) is 0 Å². The van der Waals surface area contributed by atoms with Crippen LogP contribution in [0.4, 0.5) is 0 Å². The zero-order chi connectivity index (χ0) is 31.6. The van der Waals surface area contributed by atoms with E-state index in [9.17, 15) is 0 Å². The summed E-state index contributed by atoms with van der Waals surface area (Å²) in [5.41, 5.74) is 13.1. The van der Waals surface area contributed by atoms with E-state index < -0.39 is 0 Å². The Bertz CT molecular complexity index is 2690. The lowest BCUT2D eigenvalue weighted by atomic mass is 9.88. The lowest BCUT2D eigenvalue weighted by Crippen LogP contribution is -1.98. The Morgan fingerprint density at radius 1 is 0.333 bits per heavy atom. The largest absolute Gasteiger partial charge is 0.456 e. The summed E-state index contributed by atoms with van der Waals surface area (Å²) < 4.78 is 8.90. The minimum Gasteiger partial charge on any atom is -0.456 e. The molecule has 0 N–H and O–H groups in total. The summed E-state index contributed by atoms with van der Waals surface area (Å²) in [6.07, 6.45) is 0. The molecule has 10 rings (SSSR count). The van der Waals surface area contributed by atoms with Gasteiger partial charge in [0.1, 0.15) is 11.5 Å². The molecule has 224 valence electrons. The van der Waals surface area contributed by atoms with E-state index in [2.05, 4.69) is 180 Å². The van der Waals surface area contributed by atoms with Gasteiger partial charge in [0.2, 0.25) is 0 Å². The van der Waals surface area contributed by atoms with Crippen LogP contribution in [0.5, 0.6) is 11.5 Å². The SMILES string of the molecule is c1ccc(-c2ccc3c(c2)-c2cccc4c(-c5cccc(-c6ccc7c(c6)c6ccccc6n7-c6ccccc6)c5)ccc(c24)O3)cc1. The normalized spacial score (nSPS) is 11.9. The molecule has 48 heavy (non-hydrogen) atoms. The van der Waals surface area contributed by atoms with Crippen molar-refractivity contribution in [2.75, 3.05) is 0 Å². The van der Waals surface area contributed by atoms with Crippen LogP contribution in [0.3, 0.4) is 0 Å². The summed E-state index contributed by atoms with van der Waals surface area (Å²) >= 11 is 0. The first-order valence-corrected chi connectivity index (χ1v) is 16.4. The van der Waals surface area contributed by atoms with Gasteiger partial charge < -0.3 is 9.30 Å². The molecule has 2 heteroatoms. The van der Waals surface area contributed by atoms with Crippen LogP contribution in [0, 0.1) is 0 Å². The molecule has 9 aromatic rings. The maximum Gasteiger partial charge on any atom is 0.135 e. The Hall–Kier alpha value is -6.38. The second kappa shape index (κ2) is 10.6. The van der Waals surface area contributed by atoms with Gasteiger partial charge in [-0.3, -0.25) is 0 Å². The zero-order valence-electron chi connectivity index (χ0n) is 26.1. The van der Waals surface area contributed by atoms with Crippen molar-refractivity contribution in [1.82, 2.24) is 4.57 Å². The number of ether oxygens (including phenoxy) is 1. The lowest BCUT2D eigenvalue weighted by molar-refractivity contribution is 0.487. The number of fused-ring (bicyclic) bond motifs is 5. The molecule has 0 bridgehead atoms. The first-order chi connectivity index (χ1) is 23.8. The topological polar surface area (TPSA) is 14.2 Å². The van der Waals surface area contributed by atoms with Gasteiger partial charge in [-0.1, -0.05) is 121 Å². The number of nitrogens with zero attached hydrogens (tertiary/aromatic N) is 1. The molecule has 2 heterocycles. The predicted octanol–water partition coefficient (Wildman–Crippen LogP) is 12.7. The number of rotatable bonds is 4. The van der Waals surface area contributed by atoms with Gasteiger partial charge in [0, 0.05) is 27.4 Å². The maximum absolute atomic E-state index is 6.53. The molecule has 1 aromatic heterocycles. The van der Waals surface area contributed by atoms with E-state index in [1.165, 1.54) is 71.8 Å². The molecule has 0 amide bonds. The highest BCUT2D eigenvalue weighted by molar-refractivity contribution is 6.12. The van der Waals surface area contributed by atoms with Gasteiger partial charge in [0.05, 0.1) is 11.0 Å². The molecule has 0 spiro atoms. The Kier molecular flexibility index (Phi) is 5.91. The quantitative estimate of drug-likeness (QED) is 0.193. The molecule has 8 aromatic carbocycles. The van der Waals surface area contributed by atoms with E-state index in [-0.39, 0.29) is 0 Å². The van der Waals surface area contributed by atoms with Crippen molar-refractivity contribution >= 4 is 32.6 Å². The van der Waals surface area contributed by atoms with Gasteiger partial charge >= 0.3 is 0 Å². The zero-order valence-corrected chi connectivity index (χ0v) is 26.1. The van der Waals surface area contributed by atoms with E-state index in [0.29, 0.717) is 0 Å². The molecule has 0 radical (unpaired) electrons. The van der Waals surface area contributed by atoms with Crippen LogP contribution in [0.15, 0.2) is 176 Å². The molecule has 0 saturated heterocycles. The van der Waals surface area contributed by atoms with Crippen molar-refractivity contribution in [3.8, 4) is 61.7 Å². The Labute approximate surface area is 278 Å². The highest BCUT2D eigenvalue weighted by Gasteiger charge is 2.22. The van der Waals surface area contributed by atoms with Crippen molar-refractivity contribution in [3.05, 3.63) is 176 Å². The van der Waals surface area contributed by atoms with Crippen LogP contribution < -0.4 is 4.74 Å². The van der Waals surface area contributed by atoms with Crippen LogP contribution in [0.1, 0.15) is 0 Å². The van der Waals surface area contributed by atoms with Gasteiger partial charge in [-0.25, -0.2) is 0 Å². The van der Waals surface area contributed by atoms with E-state index in [0.717, 1.165) is 22.4 Å². The van der Waals surface area contributed by atoms with Crippen LogP contribution in [-0.2, 0) is 0 Å². The number of hydrogen-bond acceptors (Lipinski definition) is 1. The Morgan fingerprint density at radius 2 is 0.979 bits per heavy atom. The third kappa shape index (κ3) is 4.13. The van der Waals surface area contributed by atoms with Crippen molar-refractivity contribution < 1.29 is 4.74 Å². The van der Waals surface area contributed by atoms with Crippen molar-refractivity contribution in [2.24, 2.45) is 0 Å². The average Bonchev–Trinajstić information content (AvgIpc) is 3.49.